The minimum atomic E-state index is -2.60. The van der Waals surface area contributed by atoms with Gasteiger partial charge in [-0.3, -0.25) is 0 Å². The Morgan fingerprint density at radius 1 is 0.808 bits per heavy atom. The van der Waals surface area contributed by atoms with E-state index in [4.69, 9.17) is 34.8 Å². The SMILES string of the molecule is CN(C)c1ccc([Te](=NC(=O)C(Cl)(Cl)Cl)c2ccc(N(C)C)cc2)cc1. The molecule has 140 valence electrons. The van der Waals surface area contributed by atoms with E-state index in [-0.39, 0.29) is 0 Å². The van der Waals surface area contributed by atoms with Crippen LogP contribution in [0, 0.1) is 0 Å². The van der Waals surface area contributed by atoms with Crippen LogP contribution in [0.5, 0.6) is 0 Å². The van der Waals surface area contributed by atoms with Gasteiger partial charge in [0, 0.05) is 0 Å². The predicted molar refractivity (Wildman–Crippen MR) is 114 cm³/mol. The molecule has 0 radical (unpaired) electrons. The van der Waals surface area contributed by atoms with E-state index in [0.29, 0.717) is 0 Å². The molecule has 0 bridgehead atoms. The first-order chi connectivity index (χ1) is 12.1. The van der Waals surface area contributed by atoms with Crippen LogP contribution in [0.25, 0.3) is 0 Å². The number of nitrogens with zero attached hydrogens (tertiary/aromatic N) is 3. The van der Waals surface area contributed by atoms with Crippen LogP contribution in [-0.2, 0) is 4.79 Å². The molecule has 1 amide bonds. The number of anilines is 2. The van der Waals surface area contributed by atoms with Gasteiger partial charge >= 0.3 is 177 Å². The van der Waals surface area contributed by atoms with Crippen LogP contribution in [0.15, 0.2) is 51.7 Å². The summed E-state index contributed by atoms with van der Waals surface area (Å²) in [6.45, 7) is 0. The molecule has 2 rings (SSSR count). The van der Waals surface area contributed by atoms with E-state index in [1.54, 1.807) is 0 Å². The molecular formula is C18H20Cl3N3OTe. The second kappa shape index (κ2) is 8.91. The van der Waals surface area contributed by atoms with Gasteiger partial charge in [-0.1, -0.05) is 0 Å². The molecule has 0 saturated carbocycles. The van der Waals surface area contributed by atoms with Crippen molar-refractivity contribution < 1.29 is 4.79 Å². The monoisotopic (exact) mass is 529 g/mol. The molecule has 0 aliphatic heterocycles. The number of carbonyl (C=O) groups is 1. The Bertz CT molecular complexity index is 744. The van der Waals surface area contributed by atoms with Gasteiger partial charge in [-0.05, 0) is 0 Å². The molecule has 0 saturated heterocycles. The van der Waals surface area contributed by atoms with Crippen molar-refractivity contribution in [2.45, 2.75) is 3.79 Å². The molecule has 2 aromatic rings. The Labute approximate surface area is 176 Å². The van der Waals surface area contributed by atoms with Gasteiger partial charge < -0.3 is 0 Å². The standard InChI is InChI=1S/C18H20Cl3N3OTe/c1-23(2)13-5-9-15(10-6-13)26(22-17(25)18(19,20)21)16-11-7-14(8-12-16)24(3)4/h5-12H,1-4H3. The molecule has 2 aromatic carbocycles. The molecule has 0 fully saturated rings. The zero-order chi connectivity index (χ0) is 19.5. The maximum atomic E-state index is 12.2. The van der Waals surface area contributed by atoms with Gasteiger partial charge in [-0.2, -0.15) is 0 Å². The van der Waals surface area contributed by atoms with E-state index in [1.165, 1.54) is 0 Å². The average molecular weight is 528 g/mol. The fourth-order valence-corrected chi connectivity index (χ4v) is 7.21. The molecule has 0 spiro atoms. The molecule has 8 heteroatoms. The Balaban J connectivity index is 2.52. The quantitative estimate of drug-likeness (QED) is 0.453. The topological polar surface area (TPSA) is 35.9 Å². The second-order valence-corrected chi connectivity index (χ2v) is 13.1. The fourth-order valence-electron chi connectivity index (χ4n) is 2.12. The third kappa shape index (κ3) is 5.58. The fraction of sp³-hybridized carbons (Fsp3) is 0.278. The Morgan fingerprint density at radius 3 is 1.42 bits per heavy atom. The summed E-state index contributed by atoms with van der Waals surface area (Å²) >= 11 is 14.6. The number of benzene rings is 2. The summed E-state index contributed by atoms with van der Waals surface area (Å²) in [5.74, 6) is -0.715. The van der Waals surface area contributed by atoms with Crippen LogP contribution in [0.4, 0.5) is 11.4 Å². The van der Waals surface area contributed by atoms with Crippen LogP contribution in [0.1, 0.15) is 0 Å². The van der Waals surface area contributed by atoms with Crippen molar-refractivity contribution in [3.63, 3.8) is 0 Å². The summed E-state index contributed by atoms with van der Waals surface area (Å²) in [5.41, 5.74) is 2.14. The zero-order valence-electron chi connectivity index (χ0n) is 14.9. The van der Waals surface area contributed by atoms with Gasteiger partial charge in [0.2, 0.25) is 0 Å². The van der Waals surface area contributed by atoms with Crippen molar-refractivity contribution in [1.82, 2.24) is 0 Å². The number of halogens is 3. The summed E-state index contributed by atoms with van der Waals surface area (Å²) in [5, 5.41) is 0. The summed E-state index contributed by atoms with van der Waals surface area (Å²) in [6, 6.07) is 16.0. The van der Waals surface area contributed by atoms with E-state index < -0.39 is 29.1 Å². The van der Waals surface area contributed by atoms with Crippen LogP contribution in [-0.4, -0.2) is 57.3 Å². The van der Waals surface area contributed by atoms with Crippen molar-refractivity contribution in [2.24, 2.45) is 3.18 Å². The average Bonchev–Trinajstić information content (AvgIpc) is 2.58. The number of amides is 1. The van der Waals surface area contributed by atoms with Gasteiger partial charge in [0.1, 0.15) is 0 Å². The van der Waals surface area contributed by atoms with Crippen molar-refractivity contribution in [1.29, 1.82) is 0 Å². The van der Waals surface area contributed by atoms with Crippen LogP contribution < -0.4 is 17.0 Å². The van der Waals surface area contributed by atoms with Gasteiger partial charge in [0.15, 0.2) is 0 Å². The minimum absolute atomic E-state index is 0.715. The Hall–Kier alpha value is -0.830. The second-order valence-electron chi connectivity index (χ2n) is 5.96. The maximum absolute atomic E-state index is 12.2. The first-order valence-corrected chi connectivity index (χ1v) is 12.2. The van der Waals surface area contributed by atoms with Gasteiger partial charge in [0.25, 0.3) is 0 Å². The van der Waals surface area contributed by atoms with Crippen LogP contribution in [0.2, 0.25) is 0 Å². The third-order valence-electron chi connectivity index (χ3n) is 3.57. The van der Waals surface area contributed by atoms with E-state index in [0.717, 1.165) is 18.6 Å². The Kier molecular flexibility index (Phi) is 7.35. The van der Waals surface area contributed by atoms with E-state index in [1.807, 2.05) is 86.5 Å². The molecule has 0 aliphatic carbocycles. The first-order valence-electron chi connectivity index (χ1n) is 7.71. The summed E-state index contributed by atoms with van der Waals surface area (Å²) < 4.78 is 4.34. The van der Waals surface area contributed by atoms with Crippen molar-refractivity contribution >= 4 is 78.7 Å². The summed E-state index contributed by atoms with van der Waals surface area (Å²) in [7, 11) is 7.90. The van der Waals surface area contributed by atoms with Crippen molar-refractivity contribution in [3.8, 4) is 0 Å². The number of hydrogen-bond acceptors (Lipinski definition) is 3. The third-order valence-corrected chi connectivity index (χ3v) is 9.15. The zero-order valence-corrected chi connectivity index (χ0v) is 19.5. The molecule has 0 N–H and O–H groups in total. The Morgan fingerprint density at radius 2 is 1.15 bits per heavy atom. The molecule has 0 heterocycles. The molecule has 26 heavy (non-hydrogen) atoms. The number of alkyl halides is 3. The normalized spacial score (nSPS) is 11.4. The molecule has 0 aromatic heterocycles. The molecule has 4 nitrogen and oxygen atoms in total. The van der Waals surface area contributed by atoms with Gasteiger partial charge in [-0.25, -0.2) is 0 Å². The number of hydrogen-bond donors (Lipinski definition) is 0. The van der Waals surface area contributed by atoms with Gasteiger partial charge in [0.05, 0.1) is 0 Å². The molecule has 0 unspecified atom stereocenters. The molecule has 0 aliphatic rings. The number of rotatable bonds is 4. The van der Waals surface area contributed by atoms with Crippen LogP contribution >= 0.6 is 34.8 Å². The predicted octanol–water partition coefficient (Wildman–Crippen LogP) is 3.09. The van der Waals surface area contributed by atoms with Crippen molar-refractivity contribution in [2.75, 3.05) is 38.0 Å². The van der Waals surface area contributed by atoms with Crippen LogP contribution in [0.3, 0.4) is 0 Å². The van der Waals surface area contributed by atoms with Crippen molar-refractivity contribution in [3.05, 3.63) is 48.5 Å². The summed E-state index contributed by atoms with van der Waals surface area (Å²) in [6.07, 6.45) is 0. The van der Waals surface area contributed by atoms with Gasteiger partial charge in [-0.15, -0.1) is 0 Å². The first kappa shape index (κ1) is 21.5. The number of carbonyl (C=O) groups excluding carboxylic acids is 1. The molecule has 0 atom stereocenters. The summed E-state index contributed by atoms with van der Waals surface area (Å²) in [4.78, 5) is 16.3. The van der Waals surface area contributed by atoms with E-state index in [2.05, 4.69) is 3.18 Å². The van der Waals surface area contributed by atoms with E-state index >= 15 is 0 Å². The van der Waals surface area contributed by atoms with E-state index in [9.17, 15) is 4.79 Å². The molecular weight excluding hydrogens is 508 g/mol.